The molecule has 5 nitrogen and oxygen atoms in total. The molecule has 4 N–H and O–H groups in total. The minimum atomic E-state index is -0.422. The number of nitrogens with two attached hydrogens (primary N) is 1. The molecule has 1 aromatic rings. The molecular formula is C12H17N3O2. The summed E-state index contributed by atoms with van der Waals surface area (Å²) in [5, 5.41) is 5.25. The first-order valence-corrected chi connectivity index (χ1v) is 5.52. The first-order chi connectivity index (χ1) is 8.18. The number of hydrogen-bond donors (Lipinski definition) is 3. The molecule has 0 radical (unpaired) electrons. The highest BCUT2D eigenvalue weighted by molar-refractivity contribution is 5.76. The second-order valence-electron chi connectivity index (χ2n) is 3.63. The molecule has 0 atom stereocenters. The van der Waals surface area contributed by atoms with Crippen LogP contribution in [0.1, 0.15) is 12.0 Å². The van der Waals surface area contributed by atoms with Gasteiger partial charge in [0.2, 0.25) is 5.91 Å². The van der Waals surface area contributed by atoms with E-state index in [0.29, 0.717) is 6.54 Å². The van der Waals surface area contributed by atoms with Gasteiger partial charge in [0.05, 0.1) is 0 Å². The number of rotatable bonds is 6. The van der Waals surface area contributed by atoms with Gasteiger partial charge in [-0.15, -0.1) is 0 Å². The highest BCUT2D eigenvalue weighted by Crippen LogP contribution is 1.97. The zero-order valence-corrected chi connectivity index (χ0v) is 9.61. The van der Waals surface area contributed by atoms with E-state index in [0.717, 1.165) is 6.42 Å². The number of benzene rings is 1. The van der Waals surface area contributed by atoms with Crippen molar-refractivity contribution in [3.63, 3.8) is 0 Å². The van der Waals surface area contributed by atoms with Crippen LogP contribution in [0.4, 0.5) is 4.79 Å². The lowest BCUT2D eigenvalue weighted by molar-refractivity contribution is -0.117. The second kappa shape index (κ2) is 7.27. The summed E-state index contributed by atoms with van der Waals surface area (Å²) in [4.78, 5) is 21.7. The molecule has 0 spiro atoms. The molecule has 0 saturated heterocycles. The molecule has 0 saturated carbocycles. The lowest BCUT2D eigenvalue weighted by Gasteiger charge is -2.06. The largest absolute Gasteiger partial charge is 0.370 e. The fourth-order valence-electron chi connectivity index (χ4n) is 1.33. The maximum Gasteiger partial charge on any atom is 0.314 e. The van der Waals surface area contributed by atoms with Gasteiger partial charge in [-0.2, -0.15) is 0 Å². The number of carbonyl (C=O) groups is 2. The van der Waals surface area contributed by atoms with Crippen LogP contribution in [0.3, 0.4) is 0 Å². The molecular weight excluding hydrogens is 218 g/mol. The molecule has 0 aliphatic heterocycles. The standard InChI is InChI=1S/C12H17N3O2/c13-11(16)7-9-15-12(17)14-8-6-10-4-2-1-3-5-10/h1-5H,6-9H2,(H2,13,16)(H2,14,15,17). The van der Waals surface area contributed by atoms with E-state index in [4.69, 9.17) is 5.73 Å². The van der Waals surface area contributed by atoms with E-state index in [1.807, 2.05) is 30.3 Å². The highest BCUT2D eigenvalue weighted by Gasteiger charge is 2.00. The van der Waals surface area contributed by atoms with Gasteiger partial charge >= 0.3 is 6.03 Å². The van der Waals surface area contributed by atoms with Crippen molar-refractivity contribution in [3.8, 4) is 0 Å². The highest BCUT2D eigenvalue weighted by atomic mass is 16.2. The zero-order valence-electron chi connectivity index (χ0n) is 9.61. The summed E-state index contributed by atoms with van der Waals surface area (Å²) in [6.45, 7) is 0.832. The maximum atomic E-state index is 11.2. The Bertz CT molecular complexity index is 365. The van der Waals surface area contributed by atoms with Gasteiger partial charge in [0.1, 0.15) is 0 Å². The van der Waals surface area contributed by atoms with Crippen molar-refractivity contribution < 1.29 is 9.59 Å². The number of nitrogens with one attached hydrogen (secondary N) is 2. The van der Waals surface area contributed by atoms with Crippen molar-refractivity contribution in [2.45, 2.75) is 12.8 Å². The summed E-state index contributed by atoms with van der Waals surface area (Å²) in [5.74, 6) is -0.422. The van der Waals surface area contributed by atoms with Crippen molar-refractivity contribution in [2.75, 3.05) is 13.1 Å². The summed E-state index contributed by atoms with van der Waals surface area (Å²) in [5.41, 5.74) is 6.12. The topological polar surface area (TPSA) is 84.2 Å². The number of carbonyl (C=O) groups excluding carboxylic acids is 2. The van der Waals surface area contributed by atoms with E-state index >= 15 is 0 Å². The first kappa shape index (κ1) is 13.0. The van der Waals surface area contributed by atoms with E-state index in [1.165, 1.54) is 5.56 Å². The molecule has 3 amide bonds. The van der Waals surface area contributed by atoms with Crippen LogP contribution in [0.5, 0.6) is 0 Å². The third kappa shape index (κ3) is 6.19. The van der Waals surface area contributed by atoms with Crippen molar-refractivity contribution in [3.05, 3.63) is 35.9 Å². The summed E-state index contributed by atoms with van der Waals surface area (Å²) in [6, 6.07) is 9.61. The Morgan fingerprint density at radius 3 is 2.35 bits per heavy atom. The molecule has 92 valence electrons. The first-order valence-electron chi connectivity index (χ1n) is 5.52. The summed E-state index contributed by atoms with van der Waals surface area (Å²) in [7, 11) is 0. The van der Waals surface area contributed by atoms with Gasteiger partial charge in [-0.25, -0.2) is 4.79 Å². The molecule has 1 rings (SSSR count). The van der Waals surface area contributed by atoms with Crippen LogP contribution in [-0.4, -0.2) is 25.0 Å². The van der Waals surface area contributed by atoms with Crippen LogP contribution in [-0.2, 0) is 11.2 Å². The van der Waals surface area contributed by atoms with Gasteiger partial charge in [-0.1, -0.05) is 30.3 Å². The Morgan fingerprint density at radius 2 is 1.71 bits per heavy atom. The SMILES string of the molecule is NC(=O)CCNC(=O)NCCc1ccccc1. The fraction of sp³-hybridized carbons (Fsp3) is 0.333. The van der Waals surface area contributed by atoms with Crippen molar-refractivity contribution in [1.29, 1.82) is 0 Å². The number of urea groups is 1. The van der Waals surface area contributed by atoms with Crippen LogP contribution in [0.2, 0.25) is 0 Å². The van der Waals surface area contributed by atoms with Crippen LogP contribution in [0, 0.1) is 0 Å². The molecule has 17 heavy (non-hydrogen) atoms. The van der Waals surface area contributed by atoms with Crippen molar-refractivity contribution in [2.24, 2.45) is 5.73 Å². The molecule has 0 heterocycles. The summed E-state index contributed by atoms with van der Waals surface area (Å²) >= 11 is 0. The van der Waals surface area contributed by atoms with Crippen molar-refractivity contribution in [1.82, 2.24) is 10.6 Å². The molecule has 0 aromatic heterocycles. The van der Waals surface area contributed by atoms with Crippen LogP contribution >= 0.6 is 0 Å². The molecule has 0 fully saturated rings. The minimum absolute atomic E-state index is 0.159. The van der Waals surface area contributed by atoms with E-state index < -0.39 is 5.91 Å². The van der Waals surface area contributed by atoms with E-state index in [2.05, 4.69) is 10.6 Å². The third-order valence-electron chi connectivity index (χ3n) is 2.20. The van der Waals surface area contributed by atoms with E-state index in [9.17, 15) is 9.59 Å². The molecule has 1 aromatic carbocycles. The van der Waals surface area contributed by atoms with Crippen molar-refractivity contribution >= 4 is 11.9 Å². The summed E-state index contributed by atoms with van der Waals surface area (Å²) < 4.78 is 0. The lowest BCUT2D eigenvalue weighted by Crippen LogP contribution is -2.38. The third-order valence-corrected chi connectivity index (χ3v) is 2.20. The Hall–Kier alpha value is -2.04. The predicted molar refractivity (Wildman–Crippen MR) is 65.4 cm³/mol. The average molecular weight is 235 g/mol. The van der Waals surface area contributed by atoms with Gasteiger partial charge < -0.3 is 16.4 Å². The van der Waals surface area contributed by atoms with Gasteiger partial charge in [-0.05, 0) is 12.0 Å². The quantitative estimate of drug-likeness (QED) is 0.667. The smallest absolute Gasteiger partial charge is 0.314 e. The Morgan fingerprint density at radius 1 is 1.06 bits per heavy atom. The minimum Gasteiger partial charge on any atom is -0.370 e. The monoisotopic (exact) mass is 235 g/mol. The van der Waals surface area contributed by atoms with Gasteiger partial charge in [0, 0.05) is 19.5 Å². The van der Waals surface area contributed by atoms with Gasteiger partial charge in [0.25, 0.3) is 0 Å². The van der Waals surface area contributed by atoms with Gasteiger partial charge in [-0.3, -0.25) is 4.79 Å². The molecule has 0 aliphatic carbocycles. The van der Waals surface area contributed by atoms with Crippen LogP contribution in [0.25, 0.3) is 0 Å². The average Bonchev–Trinajstić information content (AvgIpc) is 2.30. The van der Waals surface area contributed by atoms with Crippen LogP contribution < -0.4 is 16.4 Å². The Balaban J connectivity index is 2.10. The number of primary amides is 1. The maximum absolute atomic E-state index is 11.2. The molecule has 0 unspecified atom stereocenters. The Kier molecular flexibility index (Phi) is 5.57. The lowest BCUT2D eigenvalue weighted by atomic mass is 10.1. The summed E-state index contributed by atoms with van der Waals surface area (Å²) in [6.07, 6.45) is 0.941. The normalized spacial score (nSPS) is 9.65. The fourth-order valence-corrected chi connectivity index (χ4v) is 1.33. The zero-order chi connectivity index (χ0) is 12.5. The van der Waals surface area contributed by atoms with E-state index in [-0.39, 0.29) is 19.0 Å². The number of amides is 3. The number of hydrogen-bond acceptors (Lipinski definition) is 2. The molecule has 0 aliphatic rings. The predicted octanol–water partition coefficient (Wildman–Crippen LogP) is 0.404. The molecule has 0 bridgehead atoms. The van der Waals surface area contributed by atoms with Crippen LogP contribution in [0.15, 0.2) is 30.3 Å². The van der Waals surface area contributed by atoms with E-state index in [1.54, 1.807) is 0 Å². The van der Waals surface area contributed by atoms with Gasteiger partial charge in [0.15, 0.2) is 0 Å². The Labute approximate surface area is 100 Å². The second-order valence-corrected chi connectivity index (χ2v) is 3.63. The molecule has 5 heteroatoms.